The van der Waals surface area contributed by atoms with E-state index in [0.29, 0.717) is 6.04 Å². The summed E-state index contributed by atoms with van der Waals surface area (Å²) < 4.78 is 0. The first kappa shape index (κ1) is 13.6. The number of hydrogen-bond acceptors (Lipinski definition) is 1. The third-order valence-electron chi connectivity index (χ3n) is 3.39. The van der Waals surface area contributed by atoms with E-state index in [1.165, 1.54) is 16.7 Å². The lowest BCUT2D eigenvalue weighted by atomic mass is 10.0. The third kappa shape index (κ3) is 3.80. The van der Waals surface area contributed by atoms with Crippen LogP contribution in [0, 0.1) is 0 Å². The molecule has 0 heterocycles. The first-order chi connectivity index (χ1) is 9.31. The van der Waals surface area contributed by atoms with Crippen molar-refractivity contribution < 1.29 is 0 Å². The SMILES string of the molecule is CC=C(CNC(C)c1ccccc1)c1ccccc1. The number of rotatable bonds is 5. The van der Waals surface area contributed by atoms with E-state index in [9.17, 15) is 0 Å². The van der Waals surface area contributed by atoms with Gasteiger partial charge < -0.3 is 5.32 Å². The van der Waals surface area contributed by atoms with Gasteiger partial charge >= 0.3 is 0 Å². The van der Waals surface area contributed by atoms with Crippen molar-refractivity contribution in [2.45, 2.75) is 19.9 Å². The zero-order chi connectivity index (χ0) is 13.5. The van der Waals surface area contributed by atoms with Gasteiger partial charge in [-0.15, -0.1) is 0 Å². The molecule has 1 nitrogen and oxygen atoms in total. The van der Waals surface area contributed by atoms with E-state index in [2.05, 4.69) is 85.9 Å². The van der Waals surface area contributed by atoms with E-state index in [-0.39, 0.29) is 0 Å². The van der Waals surface area contributed by atoms with E-state index in [0.717, 1.165) is 6.54 Å². The minimum atomic E-state index is 0.361. The maximum Gasteiger partial charge on any atom is 0.0294 e. The fraction of sp³-hybridized carbons (Fsp3) is 0.222. The van der Waals surface area contributed by atoms with Gasteiger partial charge in [-0.25, -0.2) is 0 Å². The average Bonchev–Trinajstić information content (AvgIpc) is 2.49. The normalized spacial score (nSPS) is 13.3. The lowest BCUT2D eigenvalue weighted by molar-refractivity contribution is 0.622. The highest BCUT2D eigenvalue weighted by Gasteiger charge is 2.05. The highest BCUT2D eigenvalue weighted by Crippen LogP contribution is 2.16. The van der Waals surface area contributed by atoms with Crippen LogP contribution in [0.3, 0.4) is 0 Å². The van der Waals surface area contributed by atoms with E-state index in [1.807, 2.05) is 0 Å². The van der Waals surface area contributed by atoms with Gasteiger partial charge in [-0.2, -0.15) is 0 Å². The van der Waals surface area contributed by atoms with Crippen molar-refractivity contribution in [1.82, 2.24) is 5.32 Å². The monoisotopic (exact) mass is 251 g/mol. The number of nitrogens with one attached hydrogen (secondary N) is 1. The lowest BCUT2D eigenvalue weighted by Gasteiger charge is -2.16. The fourth-order valence-electron chi connectivity index (χ4n) is 2.15. The molecule has 0 aliphatic carbocycles. The summed E-state index contributed by atoms with van der Waals surface area (Å²) in [6.07, 6.45) is 2.18. The molecular weight excluding hydrogens is 230 g/mol. The van der Waals surface area contributed by atoms with Gasteiger partial charge in [-0.3, -0.25) is 0 Å². The number of allylic oxidation sites excluding steroid dienone is 1. The second kappa shape index (κ2) is 6.91. The standard InChI is InChI=1S/C18H21N/c1-3-16(18-12-8-5-9-13-18)14-19-15(2)17-10-6-4-7-11-17/h3-13,15,19H,14H2,1-2H3. The molecule has 1 N–H and O–H groups in total. The molecule has 2 aromatic carbocycles. The predicted octanol–water partition coefficient (Wildman–Crippen LogP) is 4.44. The highest BCUT2D eigenvalue weighted by molar-refractivity contribution is 5.66. The molecule has 0 bridgehead atoms. The number of hydrogen-bond donors (Lipinski definition) is 1. The molecule has 0 aliphatic heterocycles. The molecule has 0 spiro atoms. The van der Waals surface area contributed by atoms with E-state index >= 15 is 0 Å². The summed E-state index contributed by atoms with van der Waals surface area (Å²) >= 11 is 0. The molecule has 2 aromatic rings. The lowest BCUT2D eigenvalue weighted by Crippen LogP contribution is -2.20. The summed E-state index contributed by atoms with van der Waals surface area (Å²) in [6, 6.07) is 21.4. The van der Waals surface area contributed by atoms with Crippen molar-refractivity contribution in [2.75, 3.05) is 6.54 Å². The summed E-state index contributed by atoms with van der Waals surface area (Å²) in [5.74, 6) is 0. The van der Waals surface area contributed by atoms with Crippen LogP contribution in [0.2, 0.25) is 0 Å². The first-order valence-corrected chi connectivity index (χ1v) is 6.80. The first-order valence-electron chi connectivity index (χ1n) is 6.80. The van der Waals surface area contributed by atoms with Gasteiger partial charge in [0, 0.05) is 12.6 Å². The minimum Gasteiger partial charge on any atom is -0.306 e. The average molecular weight is 251 g/mol. The Morgan fingerprint density at radius 1 is 1.00 bits per heavy atom. The van der Waals surface area contributed by atoms with Crippen LogP contribution in [0.1, 0.15) is 31.0 Å². The predicted molar refractivity (Wildman–Crippen MR) is 83.0 cm³/mol. The minimum absolute atomic E-state index is 0.361. The molecular formula is C18H21N. The van der Waals surface area contributed by atoms with Gasteiger partial charge in [0.15, 0.2) is 0 Å². The maximum atomic E-state index is 3.58. The zero-order valence-corrected chi connectivity index (χ0v) is 11.6. The Labute approximate surface area is 116 Å². The van der Waals surface area contributed by atoms with Crippen molar-refractivity contribution in [3.63, 3.8) is 0 Å². The van der Waals surface area contributed by atoms with Crippen LogP contribution in [-0.2, 0) is 0 Å². The fourth-order valence-corrected chi connectivity index (χ4v) is 2.15. The molecule has 0 radical (unpaired) electrons. The molecule has 0 amide bonds. The van der Waals surface area contributed by atoms with E-state index in [1.54, 1.807) is 0 Å². The van der Waals surface area contributed by atoms with Gasteiger partial charge in [-0.05, 0) is 30.5 Å². The van der Waals surface area contributed by atoms with Crippen molar-refractivity contribution >= 4 is 5.57 Å². The molecule has 2 rings (SSSR count). The Kier molecular flexibility index (Phi) is 4.93. The zero-order valence-electron chi connectivity index (χ0n) is 11.6. The number of benzene rings is 2. The van der Waals surface area contributed by atoms with Gasteiger partial charge in [0.05, 0.1) is 0 Å². The van der Waals surface area contributed by atoms with Crippen LogP contribution in [0.25, 0.3) is 5.57 Å². The Bertz CT molecular complexity index is 514. The topological polar surface area (TPSA) is 12.0 Å². The van der Waals surface area contributed by atoms with Gasteiger partial charge in [0.1, 0.15) is 0 Å². The molecule has 1 atom stereocenters. The Morgan fingerprint density at radius 2 is 1.58 bits per heavy atom. The van der Waals surface area contributed by atoms with Gasteiger partial charge in [0.2, 0.25) is 0 Å². The maximum absolute atomic E-state index is 3.58. The van der Waals surface area contributed by atoms with E-state index in [4.69, 9.17) is 0 Å². The highest BCUT2D eigenvalue weighted by atomic mass is 14.9. The van der Waals surface area contributed by atoms with Crippen molar-refractivity contribution in [3.05, 3.63) is 77.9 Å². The van der Waals surface area contributed by atoms with Crippen LogP contribution in [0.15, 0.2) is 66.7 Å². The molecule has 1 unspecified atom stereocenters. The molecule has 19 heavy (non-hydrogen) atoms. The Morgan fingerprint density at radius 3 is 2.16 bits per heavy atom. The molecule has 1 heteroatoms. The van der Waals surface area contributed by atoms with Gasteiger partial charge in [0.25, 0.3) is 0 Å². The Balaban J connectivity index is 1.98. The molecule has 0 aliphatic rings. The molecule has 98 valence electrons. The molecule has 0 fully saturated rings. The van der Waals surface area contributed by atoms with Crippen LogP contribution in [0.4, 0.5) is 0 Å². The van der Waals surface area contributed by atoms with Crippen molar-refractivity contribution in [2.24, 2.45) is 0 Å². The molecule has 0 saturated carbocycles. The molecule has 0 aromatic heterocycles. The second-order valence-electron chi connectivity index (χ2n) is 4.69. The largest absolute Gasteiger partial charge is 0.306 e. The van der Waals surface area contributed by atoms with Crippen molar-refractivity contribution in [1.29, 1.82) is 0 Å². The smallest absolute Gasteiger partial charge is 0.0294 e. The second-order valence-corrected chi connectivity index (χ2v) is 4.69. The van der Waals surface area contributed by atoms with Crippen molar-refractivity contribution in [3.8, 4) is 0 Å². The third-order valence-corrected chi connectivity index (χ3v) is 3.39. The quantitative estimate of drug-likeness (QED) is 0.828. The molecule has 0 saturated heterocycles. The van der Waals surface area contributed by atoms with Crippen LogP contribution in [-0.4, -0.2) is 6.54 Å². The van der Waals surface area contributed by atoms with E-state index < -0.39 is 0 Å². The summed E-state index contributed by atoms with van der Waals surface area (Å²) in [6.45, 7) is 5.18. The summed E-state index contributed by atoms with van der Waals surface area (Å²) in [4.78, 5) is 0. The Hall–Kier alpha value is -1.86. The van der Waals surface area contributed by atoms with Crippen LogP contribution >= 0.6 is 0 Å². The van der Waals surface area contributed by atoms with Crippen LogP contribution < -0.4 is 5.32 Å². The van der Waals surface area contributed by atoms with Crippen LogP contribution in [0.5, 0.6) is 0 Å². The summed E-state index contributed by atoms with van der Waals surface area (Å²) in [7, 11) is 0. The summed E-state index contributed by atoms with van der Waals surface area (Å²) in [5, 5.41) is 3.58. The summed E-state index contributed by atoms with van der Waals surface area (Å²) in [5.41, 5.74) is 3.95. The van der Waals surface area contributed by atoms with Gasteiger partial charge in [-0.1, -0.05) is 66.7 Å².